The number of carbonyl (C=O) groups excluding carboxylic acids is 2. The number of hydrogen-bond acceptors (Lipinski definition) is 7. The molecular formula is C24H20ClF4N5O4S. The summed E-state index contributed by atoms with van der Waals surface area (Å²) < 4.78 is 82.5. The van der Waals surface area contributed by atoms with Crippen LogP contribution in [0.25, 0.3) is 0 Å². The minimum atomic E-state index is -5.03. The normalized spacial score (nSPS) is 23.1. The van der Waals surface area contributed by atoms with E-state index in [1.807, 2.05) is 6.07 Å². The Kier molecular flexibility index (Phi) is 6.38. The van der Waals surface area contributed by atoms with Crippen LogP contribution < -0.4 is 5.32 Å². The Hall–Kier alpha value is -3.31. The smallest absolute Gasteiger partial charge is 0.336 e. The number of carbonyl (C=O) groups is 2. The molecule has 39 heavy (non-hydrogen) atoms. The van der Waals surface area contributed by atoms with E-state index >= 15 is 0 Å². The molecule has 1 N–H and O–H groups in total. The molecule has 2 atom stereocenters. The molecule has 15 heteroatoms. The number of pyridine rings is 2. The number of nitrogens with zero attached hydrogens (tertiary/aromatic N) is 4. The number of likely N-dealkylation sites (tertiary alicyclic amines) is 1. The van der Waals surface area contributed by atoms with Crippen LogP contribution in [0.3, 0.4) is 0 Å². The highest BCUT2D eigenvalue weighted by molar-refractivity contribution is 7.92. The van der Waals surface area contributed by atoms with Gasteiger partial charge in [0.1, 0.15) is 17.4 Å². The first-order valence-corrected chi connectivity index (χ1v) is 13.8. The van der Waals surface area contributed by atoms with Gasteiger partial charge in [0.05, 0.1) is 33.0 Å². The zero-order chi connectivity index (χ0) is 28.4. The SMILES string of the molecule is N#CC1(NC(=O)C2CC(S(=O)(=O)c3ncccc3C(F)(F)F)CN2C(=O)C2(c3ncc(Cl)cc3F)CC2)CC1. The third kappa shape index (κ3) is 4.71. The van der Waals surface area contributed by atoms with Gasteiger partial charge in [0.25, 0.3) is 0 Å². The van der Waals surface area contributed by atoms with Crippen molar-refractivity contribution < 1.29 is 35.6 Å². The van der Waals surface area contributed by atoms with Crippen molar-refractivity contribution in [2.24, 2.45) is 0 Å². The first-order valence-electron chi connectivity index (χ1n) is 11.9. The third-order valence-corrected chi connectivity index (χ3v) is 9.65. The van der Waals surface area contributed by atoms with Gasteiger partial charge in [0, 0.05) is 18.9 Å². The van der Waals surface area contributed by atoms with E-state index in [-0.39, 0.29) is 23.6 Å². The fraction of sp³-hybridized carbons (Fsp3) is 0.458. The van der Waals surface area contributed by atoms with Crippen LogP contribution in [0.4, 0.5) is 17.6 Å². The van der Waals surface area contributed by atoms with E-state index in [0.717, 1.165) is 29.4 Å². The van der Waals surface area contributed by atoms with Crippen molar-refractivity contribution in [1.82, 2.24) is 20.2 Å². The Balaban J connectivity index is 1.52. The number of nitriles is 1. The monoisotopic (exact) mass is 585 g/mol. The molecule has 2 aliphatic carbocycles. The number of aromatic nitrogens is 2. The van der Waals surface area contributed by atoms with Crippen molar-refractivity contribution in [2.75, 3.05) is 6.54 Å². The number of hydrogen-bond donors (Lipinski definition) is 1. The lowest BCUT2D eigenvalue weighted by atomic mass is 9.98. The number of halogens is 5. The fourth-order valence-corrected chi connectivity index (χ4v) is 6.86. The van der Waals surface area contributed by atoms with Gasteiger partial charge in [-0.15, -0.1) is 0 Å². The Morgan fingerprint density at radius 3 is 2.46 bits per heavy atom. The molecule has 0 aromatic carbocycles. The maximum atomic E-state index is 14.8. The Morgan fingerprint density at radius 1 is 1.21 bits per heavy atom. The minimum absolute atomic E-state index is 0.00820. The zero-order valence-corrected chi connectivity index (χ0v) is 21.6. The molecule has 3 fully saturated rings. The summed E-state index contributed by atoms with van der Waals surface area (Å²) in [7, 11) is -4.80. The molecule has 1 aliphatic heterocycles. The van der Waals surface area contributed by atoms with Crippen molar-refractivity contribution in [3.05, 3.63) is 52.7 Å². The highest BCUT2D eigenvalue weighted by Gasteiger charge is 2.60. The molecule has 2 amide bonds. The second-order valence-corrected chi connectivity index (χ2v) is 12.6. The second-order valence-electron chi connectivity index (χ2n) is 9.98. The van der Waals surface area contributed by atoms with E-state index in [1.165, 1.54) is 0 Å². The Morgan fingerprint density at radius 2 is 1.90 bits per heavy atom. The predicted molar refractivity (Wildman–Crippen MR) is 126 cm³/mol. The van der Waals surface area contributed by atoms with Gasteiger partial charge in [0.2, 0.25) is 21.7 Å². The summed E-state index contributed by atoms with van der Waals surface area (Å²) in [6.07, 6.45) is -2.50. The lowest BCUT2D eigenvalue weighted by molar-refractivity contribution is -0.140. The van der Waals surface area contributed by atoms with Crippen molar-refractivity contribution >= 4 is 33.3 Å². The molecule has 0 radical (unpaired) electrons. The minimum Gasteiger partial charge on any atom is -0.336 e. The van der Waals surface area contributed by atoms with Gasteiger partial charge in [-0.2, -0.15) is 18.4 Å². The van der Waals surface area contributed by atoms with Crippen molar-refractivity contribution in [1.29, 1.82) is 5.26 Å². The molecule has 206 valence electrons. The number of amides is 2. The summed E-state index contributed by atoms with van der Waals surface area (Å²) in [4.78, 5) is 35.5. The van der Waals surface area contributed by atoms with Crippen molar-refractivity contribution in [3.63, 3.8) is 0 Å². The van der Waals surface area contributed by atoms with Crippen LogP contribution in [-0.4, -0.2) is 58.5 Å². The molecular weight excluding hydrogens is 566 g/mol. The van der Waals surface area contributed by atoms with E-state index in [4.69, 9.17) is 11.6 Å². The summed E-state index contributed by atoms with van der Waals surface area (Å²) in [6.45, 7) is -0.635. The molecule has 0 bridgehead atoms. The molecule has 3 heterocycles. The largest absolute Gasteiger partial charge is 0.419 e. The standard InChI is InChI=1S/C24H20ClF4N5O4S/c25-13-8-16(26)18(32-10-13)23(5-6-23)21(36)34-11-14(9-17(34)19(35)33-22(12-30)3-4-22)39(37,38)20-15(24(27,28)29)2-1-7-31-20/h1-2,7-8,10,14,17H,3-6,9,11H2,(H,33,35). The summed E-state index contributed by atoms with van der Waals surface area (Å²) in [5.41, 5.74) is -4.33. The van der Waals surface area contributed by atoms with E-state index in [0.29, 0.717) is 18.9 Å². The molecule has 0 spiro atoms. The molecule has 3 aliphatic rings. The van der Waals surface area contributed by atoms with E-state index in [9.17, 15) is 40.8 Å². The highest BCUT2D eigenvalue weighted by Crippen LogP contribution is 2.51. The topological polar surface area (TPSA) is 133 Å². The second kappa shape index (κ2) is 9.12. The first kappa shape index (κ1) is 27.3. The van der Waals surface area contributed by atoms with Crippen LogP contribution in [-0.2, 0) is 31.0 Å². The average Bonchev–Trinajstić information content (AvgIpc) is 3.79. The summed E-state index contributed by atoms with van der Waals surface area (Å²) in [6, 6.07) is 3.03. The van der Waals surface area contributed by atoms with Crippen molar-refractivity contribution in [3.8, 4) is 6.07 Å². The zero-order valence-electron chi connectivity index (χ0n) is 20.0. The number of sulfone groups is 1. The molecule has 2 aromatic heterocycles. The summed E-state index contributed by atoms with van der Waals surface area (Å²) in [5.74, 6) is -2.46. The van der Waals surface area contributed by atoms with E-state index < -0.39 is 79.4 Å². The van der Waals surface area contributed by atoms with Crippen LogP contribution in [0.1, 0.15) is 43.4 Å². The van der Waals surface area contributed by atoms with Crippen molar-refractivity contribution in [2.45, 2.75) is 65.6 Å². The fourth-order valence-electron chi connectivity index (χ4n) is 4.91. The molecule has 1 saturated heterocycles. The van der Waals surface area contributed by atoms with Crippen LogP contribution in [0.5, 0.6) is 0 Å². The number of nitrogens with one attached hydrogen (secondary N) is 1. The van der Waals surface area contributed by atoms with Crippen LogP contribution >= 0.6 is 11.6 Å². The first-order chi connectivity index (χ1) is 18.2. The van der Waals surface area contributed by atoms with Gasteiger partial charge in [-0.1, -0.05) is 11.6 Å². The van der Waals surface area contributed by atoms with Crippen LogP contribution in [0.15, 0.2) is 35.6 Å². The van der Waals surface area contributed by atoms with Gasteiger partial charge in [-0.05, 0) is 50.3 Å². The van der Waals surface area contributed by atoms with E-state index in [1.54, 1.807) is 0 Å². The Labute approximate surface area is 225 Å². The highest BCUT2D eigenvalue weighted by atomic mass is 35.5. The van der Waals surface area contributed by atoms with Gasteiger partial charge < -0.3 is 10.2 Å². The Bertz CT molecular complexity index is 1520. The lowest BCUT2D eigenvalue weighted by Gasteiger charge is -2.28. The third-order valence-electron chi connectivity index (χ3n) is 7.36. The lowest BCUT2D eigenvalue weighted by Crippen LogP contribution is -2.52. The van der Waals surface area contributed by atoms with Gasteiger partial charge in [0.15, 0.2) is 5.03 Å². The summed E-state index contributed by atoms with van der Waals surface area (Å²) >= 11 is 5.78. The molecule has 2 aromatic rings. The molecule has 2 saturated carbocycles. The molecule has 2 unspecified atom stereocenters. The summed E-state index contributed by atoms with van der Waals surface area (Å²) in [5, 5.41) is 9.08. The van der Waals surface area contributed by atoms with Crippen LogP contribution in [0.2, 0.25) is 5.02 Å². The number of alkyl halides is 3. The molecule has 5 rings (SSSR count). The van der Waals surface area contributed by atoms with Gasteiger partial charge in [-0.25, -0.2) is 17.8 Å². The maximum Gasteiger partial charge on any atom is 0.419 e. The average molecular weight is 586 g/mol. The quantitative estimate of drug-likeness (QED) is 0.515. The predicted octanol–water partition coefficient (Wildman–Crippen LogP) is 2.94. The van der Waals surface area contributed by atoms with Gasteiger partial charge >= 0.3 is 6.18 Å². The van der Waals surface area contributed by atoms with Gasteiger partial charge in [-0.3, -0.25) is 14.6 Å². The van der Waals surface area contributed by atoms with E-state index in [2.05, 4.69) is 15.3 Å². The van der Waals surface area contributed by atoms with Crippen LogP contribution in [0, 0.1) is 17.1 Å². The molecule has 9 nitrogen and oxygen atoms in total. The maximum absolute atomic E-state index is 14.8. The number of rotatable bonds is 6.